The first-order chi connectivity index (χ1) is 13.6. The van der Waals surface area contributed by atoms with Crippen LogP contribution in [0, 0.1) is 17.8 Å². The largest absolute Gasteiger partial charge is 0.496 e. The molecule has 1 amide bonds. The molecule has 1 N–H and O–H groups in total. The van der Waals surface area contributed by atoms with Crippen LogP contribution in [0.4, 0.5) is 0 Å². The Morgan fingerprint density at radius 2 is 2.00 bits per heavy atom. The maximum absolute atomic E-state index is 12.9. The maximum Gasteiger partial charge on any atom is 0.224 e. The van der Waals surface area contributed by atoms with Crippen LogP contribution in [0.15, 0.2) is 48.5 Å². The highest BCUT2D eigenvalue weighted by Gasteiger charge is 2.70. The summed E-state index contributed by atoms with van der Waals surface area (Å²) >= 11 is 0. The minimum atomic E-state index is -0.511. The molecule has 5 nitrogen and oxygen atoms in total. The summed E-state index contributed by atoms with van der Waals surface area (Å²) in [6, 6.07) is 15.1. The number of rotatable bonds is 4. The molecule has 3 aliphatic rings. The van der Waals surface area contributed by atoms with E-state index >= 15 is 0 Å². The highest BCUT2D eigenvalue weighted by molar-refractivity contribution is 6.00. The lowest BCUT2D eigenvalue weighted by Crippen LogP contribution is -2.44. The predicted molar refractivity (Wildman–Crippen MR) is 103 cm³/mol. The molecule has 0 unspecified atom stereocenters. The van der Waals surface area contributed by atoms with Gasteiger partial charge in [-0.15, -0.1) is 0 Å². The van der Waals surface area contributed by atoms with Crippen molar-refractivity contribution < 1.29 is 19.1 Å². The fraction of sp³-hybridized carbons (Fsp3) is 0.391. The molecule has 1 spiro atoms. The molecule has 1 heterocycles. The molecule has 0 radical (unpaired) electrons. The van der Waals surface area contributed by atoms with Gasteiger partial charge in [0.05, 0.1) is 19.1 Å². The fourth-order valence-electron chi connectivity index (χ4n) is 5.27. The molecule has 4 atom stereocenters. The van der Waals surface area contributed by atoms with Crippen molar-refractivity contribution in [2.75, 3.05) is 7.11 Å². The average molecular weight is 377 g/mol. The Bertz CT molecular complexity index is 955. The van der Waals surface area contributed by atoms with E-state index in [0.717, 1.165) is 24.2 Å². The number of carbonyl (C=O) groups is 2. The highest BCUT2D eigenvalue weighted by atomic mass is 16.5. The summed E-state index contributed by atoms with van der Waals surface area (Å²) in [7, 11) is 1.63. The Hall–Kier alpha value is -2.82. The van der Waals surface area contributed by atoms with Crippen LogP contribution >= 0.6 is 0 Å². The van der Waals surface area contributed by atoms with Gasteiger partial charge in [0.15, 0.2) is 5.78 Å². The Labute approximate surface area is 164 Å². The molecule has 28 heavy (non-hydrogen) atoms. The van der Waals surface area contributed by atoms with E-state index in [2.05, 4.69) is 5.32 Å². The summed E-state index contributed by atoms with van der Waals surface area (Å²) < 4.78 is 11.7. The first-order valence-electron chi connectivity index (χ1n) is 9.84. The van der Waals surface area contributed by atoms with E-state index in [0.29, 0.717) is 30.2 Å². The van der Waals surface area contributed by atoms with Gasteiger partial charge in [-0.05, 0) is 37.0 Å². The molecule has 0 saturated heterocycles. The lowest BCUT2D eigenvalue weighted by molar-refractivity contribution is -0.124. The van der Waals surface area contributed by atoms with E-state index in [-0.39, 0.29) is 23.5 Å². The predicted octanol–water partition coefficient (Wildman–Crippen LogP) is 3.37. The van der Waals surface area contributed by atoms with Crippen molar-refractivity contribution in [1.82, 2.24) is 5.32 Å². The van der Waals surface area contributed by atoms with Gasteiger partial charge in [-0.1, -0.05) is 30.3 Å². The number of fused-ring (bicyclic) bond motifs is 3. The Kier molecular flexibility index (Phi) is 3.93. The third-order valence-corrected chi connectivity index (χ3v) is 6.59. The molecule has 2 aromatic rings. The standard InChI is InChI=1S/C23H23NO4/c1-27-18-8-4-2-6-14(18)13-24-22(26)20-16-10-11-23(21(16)20)12-17(25)15-7-3-5-9-19(15)28-23/h2-9,16,20-21H,10-13H2,1H3,(H,24,26)/t16-,20+,21+,23+/m0/s1. The van der Waals surface area contributed by atoms with Crippen molar-refractivity contribution in [3.63, 3.8) is 0 Å². The number of Topliss-reactive ketones (excluding diaryl/α,β-unsaturated/α-hetero) is 1. The van der Waals surface area contributed by atoms with Crippen molar-refractivity contribution in [3.8, 4) is 11.5 Å². The summed E-state index contributed by atoms with van der Waals surface area (Å²) in [5.74, 6) is 1.99. The maximum atomic E-state index is 12.9. The molecule has 144 valence electrons. The number of hydrogen-bond acceptors (Lipinski definition) is 4. The van der Waals surface area contributed by atoms with Crippen LogP contribution in [-0.4, -0.2) is 24.4 Å². The molecule has 2 aromatic carbocycles. The van der Waals surface area contributed by atoms with Gasteiger partial charge in [0, 0.05) is 23.9 Å². The summed E-state index contributed by atoms with van der Waals surface area (Å²) in [4.78, 5) is 25.5. The van der Waals surface area contributed by atoms with E-state index in [1.165, 1.54) is 0 Å². The van der Waals surface area contributed by atoms with Gasteiger partial charge < -0.3 is 14.8 Å². The van der Waals surface area contributed by atoms with Gasteiger partial charge in [-0.3, -0.25) is 9.59 Å². The van der Waals surface area contributed by atoms with E-state index in [9.17, 15) is 9.59 Å². The van der Waals surface area contributed by atoms with Crippen LogP contribution in [0.2, 0.25) is 0 Å². The second-order valence-electron chi connectivity index (χ2n) is 8.05. The van der Waals surface area contributed by atoms with Crippen LogP contribution in [0.5, 0.6) is 11.5 Å². The number of amides is 1. The van der Waals surface area contributed by atoms with Crippen LogP contribution in [0.25, 0.3) is 0 Å². The Morgan fingerprint density at radius 3 is 2.86 bits per heavy atom. The lowest BCUT2D eigenvalue weighted by Gasteiger charge is -2.37. The number of carbonyl (C=O) groups excluding carboxylic acids is 2. The molecule has 2 aliphatic carbocycles. The second-order valence-corrected chi connectivity index (χ2v) is 8.05. The SMILES string of the molecule is COc1ccccc1CNC(=O)[C@@H]1[C@@H]2CC[C@@]3(CC(=O)c4ccccc4O3)[C@H]21. The number of methoxy groups -OCH3 is 1. The molecular formula is C23H23NO4. The Morgan fingerprint density at radius 1 is 1.21 bits per heavy atom. The van der Waals surface area contributed by atoms with Crippen molar-refractivity contribution >= 4 is 11.7 Å². The van der Waals surface area contributed by atoms with E-state index in [1.807, 2.05) is 48.5 Å². The summed E-state index contributed by atoms with van der Waals surface area (Å²) in [6.07, 6.45) is 2.16. The molecule has 2 saturated carbocycles. The topological polar surface area (TPSA) is 64.6 Å². The number of hydrogen-bond donors (Lipinski definition) is 1. The number of ketones is 1. The first kappa shape index (κ1) is 17.3. The van der Waals surface area contributed by atoms with Gasteiger partial charge in [0.1, 0.15) is 17.1 Å². The molecule has 0 aromatic heterocycles. The Balaban J connectivity index is 1.30. The smallest absolute Gasteiger partial charge is 0.224 e. The van der Waals surface area contributed by atoms with Gasteiger partial charge in [0.2, 0.25) is 5.91 Å². The molecular weight excluding hydrogens is 354 g/mol. The molecule has 5 rings (SSSR count). The number of nitrogens with one attached hydrogen (secondary N) is 1. The summed E-state index contributed by atoms with van der Waals surface area (Å²) in [6.45, 7) is 0.439. The average Bonchev–Trinajstić information content (AvgIpc) is 3.37. The third kappa shape index (κ3) is 2.60. The van der Waals surface area contributed by atoms with Crippen LogP contribution in [0.3, 0.4) is 0 Å². The third-order valence-electron chi connectivity index (χ3n) is 6.59. The second kappa shape index (κ2) is 6.36. The van der Waals surface area contributed by atoms with Gasteiger partial charge in [-0.2, -0.15) is 0 Å². The van der Waals surface area contributed by atoms with Gasteiger partial charge >= 0.3 is 0 Å². The van der Waals surface area contributed by atoms with Crippen LogP contribution in [-0.2, 0) is 11.3 Å². The van der Waals surface area contributed by atoms with Crippen molar-refractivity contribution in [2.24, 2.45) is 17.8 Å². The zero-order valence-corrected chi connectivity index (χ0v) is 15.8. The molecule has 2 fully saturated rings. The van der Waals surface area contributed by atoms with Crippen molar-refractivity contribution in [2.45, 2.75) is 31.4 Å². The monoisotopic (exact) mass is 377 g/mol. The van der Waals surface area contributed by atoms with Gasteiger partial charge in [0.25, 0.3) is 0 Å². The van der Waals surface area contributed by atoms with E-state index in [1.54, 1.807) is 7.11 Å². The molecule has 1 aliphatic heterocycles. The zero-order valence-electron chi connectivity index (χ0n) is 15.8. The first-order valence-corrected chi connectivity index (χ1v) is 9.84. The highest BCUT2D eigenvalue weighted by Crippen LogP contribution is 2.65. The van der Waals surface area contributed by atoms with Crippen molar-refractivity contribution in [1.29, 1.82) is 0 Å². The number of benzene rings is 2. The lowest BCUT2D eigenvalue weighted by atomic mass is 9.84. The quantitative estimate of drug-likeness (QED) is 0.887. The molecule has 5 heteroatoms. The van der Waals surface area contributed by atoms with E-state index < -0.39 is 5.60 Å². The minimum Gasteiger partial charge on any atom is -0.496 e. The summed E-state index contributed by atoms with van der Waals surface area (Å²) in [5, 5.41) is 3.06. The van der Waals surface area contributed by atoms with E-state index in [4.69, 9.17) is 9.47 Å². The van der Waals surface area contributed by atoms with Crippen molar-refractivity contribution in [3.05, 3.63) is 59.7 Å². The normalized spacial score (nSPS) is 29.6. The summed E-state index contributed by atoms with van der Waals surface area (Å²) in [5.41, 5.74) is 1.11. The number of ether oxygens (including phenoxy) is 2. The number of para-hydroxylation sites is 2. The van der Waals surface area contributed by atoms with Crippen LogP contribution in [0.1, 0.15) is 35.2 Å². The zero-order chi connectivity index (χ0) is 19.3. The fourth-order valence-corrected chi connectivity index (χ4v) is 5.27. The molecule has 0 bridgehead atoms. The van der Waals surface area contributed by atoms with Gasteiger partial charge in [-0.25, -0.2) is 0 Å². The minimum absolute atomic E-state index is 0.0508. The van der Waals surface area contributed by atoms with Crippen LogP contribution < -0.4 is 14.8 Å².